The maximum Gasteiger partial charge on any atom is 0.306 e. The molecule has 0 aromatic heterocycles. The number of carbonyl (C=O) groups excluding carboxylic acids is 2. The topological polar surface area (TPSA) is 52.6 Å². The first kappa shape index (κ1) is 26.2. The van der Waals surface area contributed by atoms with Gasteiger partial charge in [0.25, 0.3) is 0 Å². The summed E-state index contributed by atoms with van der Waals surface area (Å²) in [5.74, 6) is 0.602. The normalized spacial score (nSPS) is 12.0. The van der Waals surface area contributed by atoms with Crippen molar-refractivity contribution in [2.75, 3.05) is 19.1 Å². The molecular weight excluding hydrogens is 364 g/mol. The van der Waals surface area contributed by atoms with Gasteiger partial charge in [0, 0.05) is 5.88 Å². The standard InChI is InChI=1S/C22H41ClO4/c1-3-5-14-20(4-2)19-27-22(25)16-15-21(24)26-18-13-11-9-7-6-8-10-12-17-23/h20H,3-19H2,1-2H3. The molecule has 0 heterocycles. The Kier molecular flexibility index (Phi) is 19.4. The lowest BCUT2D eigenvalue weighted by molar-refractivity contribution is -0.151. The van der Waals surface area contributed by atoms with Gasteiger partial charge in [0.05, 0.1) is 26.1 Å². The molecule has 1 atom stereocenters. The molecule has 0 radical (unpaired) electrons. The lowest BCUT2D eigenvalue weighted by Gasteiger charge is -2.14. The van der Waals surface area contributed by atoms with Crippen LogP contribution in [-0.4, -0.2) is 31.0 Å². The highest BCUT2D eigenvalue weighted by molar-refractivity contribution is 6.17. The van der Waals surface area contributed by atoms with Crippen molar-refractivity contribution < 1.29 is 19.1 Å². The minimum absolute atomic E-state index is 0.116. The molecule has 5 heteroatoms. The molecule has 0 aliphatic carbocycles. The van der Waals surface area contributed by atoms with Gasteiger partial charge in [-0.3, -0.25) is 9.59 Å². The van der Waals surface area contributed by atoms with Crippen molar-refractivity contribution in [3.8, 4) is 0 Å². The summed E-state index contributed by atoms with van der Waals surface area (Å²) >= 11 is 5.65. The Morgan fingerprint density at radius 1 is 0.778 bits per heavy atom. The van der Waals surface area contributed by atoms with E-state index in [4.69, 9.17) is 21.1 Å². The van der Waals surface area contributed by atoms with E-state index in [0.29, 0.717) is 19.1 Å². The first-order valence-electron chi connectivity index (χ1n) is 11.0. The highest BCUT2D eigenvalue weighted by Crippen LogP contribution is 2.13. The molecule has 0 N–H and O–H groups in total. The zero-order chi connectivity index (χ0) is 20.2. The third kappa shape index (κ3) is 18.4. The molecule has 0 spiro atoms. The second-order valence-electron chi connectivity index (χ2n) is 7.34. The van der Waals surface area contributed by atoms with Crippen LogP contribution in [0.5, 0.6) is 0 Å². The number of hydrogen-bond donors (Lipinski definition) is 0. The molecular formula is C22H41ClO4. The molecule has 0 aliphatic heterocycles. The second kappa shape index (κ2) is 20.0. The molecule has 0 fully saturated rings. The Balaban J connectivity index is 3.50. The highest BCUT2D eigenvalue weighted by atomic mass is 35.5. The fourth-order valence-corrected chi connectivity index (χ4v) is 3.09. The molecule has 0 rings (SSSR count). The van der Waals surface area contributed by atoms with E-state index < -0.39 is 0 Å². The summed E-state index contributed by atoms with van der Waals surface area (Å²) in [4.78, 5) is 23.4. The van der Waals surface area contributed by atoms with Gasteiger partial charge in [0.1, 0.15) is 0 Å². The predicted octanol–water partition coefficient (Wildman–Crippen LogP) is 6.43. The van der Waals surface area contributed by atoms with E-state index >= 15 is 0 Å². The van der Waals surface area contributed by atoms with E-state index in [1.54, 1.807) is 0 Å². The van der Waals surface area contributed by atoms with E-state index in [9.17, 15) is 9.59 Å². The average molecular weight is 405 g/mol. The summed E-state index contributed by atoms with van der Waals surface area (Å²) in [6, 6.07) is 0. The van der Waals surface area contributed by atoms with Crippen molar-refractivity contribution in [3.05, 3.63) is 0 Å². The predicted molar refractivity (Wildman–Crippen MR) is 112 cm³/mol. The van der Waals surface area contributed by atoms with Crippen LogP contribution in [-0.2, 0) is 19.1 Å². The number of hydrogen-bond acceptors (Lipinski definition) is 4. The van der Waals surface area contributed by atoms with Crippen molar-refractivity contribution in [2.24, 2.45) is 5.92 Å². The van der Waals surface area contributed by atoms with Gasteiger partial charge in [0.15, 0.2) is 0 Å². The number of ether oxygens (including phenoxy) is 2. The number of alkyl halides is 1. The van der Waals surface area contributed by atoms with Crippen LogP contribution < -0.4 is 0 Å². The number of rotatable bonds is 19. The molecule has 160 valence electrons. The van der Waals surface area contributed by atoms with Gasteiger partial charge in [-0.15, -0.1) is 11.6 Å². The summed E-state index contributed by atoms with van der Waals surface area (Å²) in [6.45, 7) is 5.20. The average Bonchev–Trinajstić information content (AvgIpc) is 2.68. The number of carbonyl (C=O) groups is 2. The molecule has 0 aliphatic rings. The lowest BCUT2D eigenvalue weighted by Crippen LogP contribution is -2.15. The van der Waals surface area contributed by atoms with Gasteiger partial charge in [0.2, 0.25) is 0 Å². The maximum absolute atomic E-state index is 11.7. The van der Waals surface area contributed by atoms with Gasteiger partial charge < -0.3 is 9.47 Å². The lowest BCUT2D eigenvalue weighted by atomic mass is 10.0. The number of halogens is 1. The highest BCUT2D eigenvalue weighted by Gasteiger charge is 2.12. The Morgan fingerprint density at radius 3 is 1.89 bits per heavy atom. The van der Waals surface area contributed by atoms with E-state index in [0.717, 1.165) is 50.8 Å². The molecule has 0 bridgehead atoms. The first-order chi connectivity index (χ1) is 13.1. The zero-order valence-corrected chi connectivity index (χ0v) is 18.4. The van der Waals surface area contributed by atoms with Crippen LogP contribution in [0.2, 0.25) is 0 Å². The third-order valence-electron chi connectivity index (χ3n) is 4.85. The summed E-state index contributed by atoms with van der Waals surface area (Å²) in [5.41, 5.74) is 0. The van der Waals surface area contributed by atoms with Crippen molar-refractivity contribution in [1.82, 2.24) is 0 Å². The summed E-state index contributed by atoms with van der Waals surface area (Å²) in [6.07, 6.45) is 13.9. The molecule has 0 amide bonds. The quantitative estimate of drug-likeness (QED) is 0.141. The molecule has 1 unspecified atom stereocenters. The zero-order valence-electron chi connectivity index (χ0n) is 17.6. The van der Waals surface area contributed by atoms with E-state index in [-0.39, 0.29) is 24.8 Å². The number of esters is 2. The van der Waals surface area contributed by atoms with Crippen LogP contribution in [0, 0.1) is 5.92 Å². The van der Waals surface area contributed by atoms with E-state index in [1.807, 2.05) is 0 Å². The number of unbranched alkanes of at least 4 members (excludes halogenated alkanes) is 8. The van der Waals surface area contributed by atoms with Crippen LogP contribution in [0.4, 0.5) is 0 Å². The minimum atomic E-state index is -0.300. The van der Waals surface area contributed by atoms with Crippen LogP contribution >= 0.6 is 11.6 Å². The van der Waals surface area contributed by atoms with Gasteiger partial charge in [-0.1, -0.05) is 71.6 Å². The van der Waals surface area contributed by atoms with Crippen molar-refractivity contribution in [2.45, 2.75) is 104 Å². The molecule has 4 nitrogen and oxygen atoms in total. The third-order valence-corrected chi connectivity index (χ3v) is 5.11. The van der Waals surface area contributed by atoms with Gasteiger partial charge in [-0.2, -0.15) is 0 Å². The Labute approximate surface area is 171 Å². The summed E-state index contributed by atoms with van der Waals surface area (Å²) < 4.78 is 10.5. The fourth-order valence-electron chi connectivity index (χ4n) is 2.90. The Morgan fingerprint density at radius 2 is 1.33 bits per heavy atom. The molecule has 0 aromatic carbocycles. The van der Waals surface area contributed by atoms with Gasteiger partial charge in [-0.05, 0) is 25.2 Å². The first-order valence-corrected chi connectivity index (χ1v) is 11.5. The minimum Gasteiger partial charge on any atom is -0.466 e. The van der Waals surface area contributed by atoms with E-state index in [1.165, 1.54) is 32.1 Å². The monoisotopic (exact) mass is 404 g/mol. The maximum atomic E-state index is 11.7. The van der Waals surface area contributed by atoms with Gasteiger partial charge in [-0.25, -0.2) is 0 Å². The largest absolute Gasteiger partial charge is 0.466 e. The molecule has 0 saturated heterocycles. The van der Waals surface area contributed by atoms with Crippen LogP contribution in [0.3, 0.4) is 0 Å². The fraction of sp³-hybridized carbons (Fsp3) is 0.909. The van der Waals surface area contributed by atoms with Crippen molar-refractivity contribution in [1.29, 1.82) is 0 Å². The summed E-state index contributed by atoms with van der Waals surface area (Å²) in [5, 5.41) is 0. The summed E-state index contributed by atoms with van der Waals surface area (Å²) in [7, 11) is 0. The smallest absolute Gasteiger partial charge is 0.306 e. The van der Waals surface area contributed by atoms with Crippen molar-refractivity contribution >= 4 is 23.5 Å². The second-order valence-corrected chi connectivity index (χ2v) is 7.72. The molecule has 0 aromatic rings. The Hall–Kier alpha value is -0.770. The molecule has 0 saturated carbocycles. The van der Waals surface area contributed by atoms with Crippen molar-refractivity contribution in [3.63, 3.8) is 0 Å². The van der Waals surface area contributed by atoms with E-state index in [2.05, 4.69) is 13.8 Å². The SMILES string of the molecule is CCCCC(CC)COC(=O)CCC(=O)OCCCCCCCCCCCl. The van der Waals surface area contributed by atoms with Crippen LogP contribution in [0.1, 0.15) is 104 Å². The molecule has 27 heavy (non-hydrogen) atoms. The van der Waals surface area contributed by atoms with Gasteiger partial charge >= 0.3 is 11.9 Å². The van der Waals surface area contributed by atoms with Crippen LogP contribution in [0.25, 0.3) is 0 Å². The Bertz CT molecular complexity index is 360. The van der Waals surface area contributed by atoms with Crippen LogP contribution in [0.15, 0.2) is 0 Å².